The zero-order valence-electron chi connectivity index (χ0n) is 22.7. The summed E-state index contributed by atoms with van der Waals surface area (Å²) in [4.78, 5) is 24.6. The summed E-state index contributed by atoms with van der Waals surface area (Å²) in [5.41, 5.74) is 2.30. The second-order valence-corrected chi connectivity index (χ2v) is 11.5. The number of methoxy groups -OCH3 is 2. The standard InChI is InChI=1S/C27H27N9O4S2/c1-39-21-14-19-20(15-22(21)40-2)33-24-23(19)25(31-16-30-24)35-10-12-36(13-11-35)27(41)32-17-4-6-18(7-5-17)42(37,38)34-26-28-8-3-9-29-26/h3-9,14-16H,10-13H2,1-2H3,(H,32,41)(H,28,29,34)(H,30,31,33). The topological polar surface area (TPSA) is 150 Å². The summed E-state index contributed by atoms with van der Waals surface area (Å²) in [6.45, 7) is 2.73. The lowest BCUT2D eigenvalue weighted by Crippen LogP contribution is -2.50. The predicted octanol–water partition coefficient (Wildman–Crippen LogP) is 3.24. The number of aromatic nitrogens is 5. The predicted molar refractivity (Wildman–Crippen MR) is 164 cm³/mol. The number of hydrogen-bond donors (Lipinski definition) is 3. The van der Waals surface area contributed by atoms with Gasteiger partial charge < -0.3 is 29.6 Å². The van der Waals surface area contributed by atoms with Crippen LogP contribution in [0.3, 0.4) is 0 Å². The van der Waals surface area contributed by atoms with E-state index in [4.69, 9.17) is 21.7 Å². The first-order valence-corrected chi connectivity index (χ1v) is 14.8. The quantitative estimate of drug-likeness (QED) is 0.234. The highest BCUT2D eigenvalue weighted by atomic mass is 32.2. The first kappa shape index (κ1) is 27.4. The maximum absolute atomic E-state index is 12.7. The molecule has 1 aliphatic heterocycles. The molecule has 2 aromatic carbocycles. The van der Waals surface area contributed by atoms with Crippen molar-refractivity contribution in [2.45, 2.75) is 4.90 Å². The Morgan fingerprint density at radius 1 is 0.952 bits per heavy atom. The van der Waals surface area contributed by atoms with Crippen molar-refractivity contribution in [3.05, 3.63) is 61.2 Å². The molecule has 4 heterocycles. The Labute approximate surface area is 247 Å². The lowest BCUT2D eigenvalue weighted by Gasteiger charge is -2.37. The van der Waals surface area contributed by atoms with E-state index in [0.717, 1.165) is 27.8 Å². The van der Waals surface area contributed by atoms with Crippen LogP contribution in [0.4, 0.5) is 17.5 Å². The lowest BCUT2D eigenvalue weighted by atomic mass is 10.1. The van der Waals surface area contributed by atoms with Gasteiger partial charge in [-0.3, -0.25) is 0 Å². The number of fused-ring (bicyclic) bond motifs is 3. The summed E-state index contributed by atoms with van der Waals surface area (Å²) >= 11 is 5.67. The van der Waals surface area contributed by atoms with Crippen molar-refractivity contribution < 1.29 is 17.9 Å². The minimum absolute atomic E-state index is 0.00683. The lowest BCUT2D eigenvalue weighted by molar-refractivity contribution is 0.356. The maximum Gasteiger partial charge on any atom is 0.264 e. The van der Waals surface area contributed by atoms with Gasteiger partial charge in [0.2, 0.25) is 5.95 Å². The normalized spacial score (nSPS) is 13.8. The number of aromatic amines is 1. The Bertz CT molecular complexity index is 1860. The molecular weight excluding hydrogens is 578 g/mol. The molecule has 13 nitrogen and oxygen atoms in total. The van der Waals surface area contributed by atoms with Gasteiger partial charge >= 0.3 is 0 Å². The SMILES string of the molecule is COc1cc2[nH]c3ncnc(N4CCN(C(=S)Nc5ccc(S(=O)(=O)Nc6ncccn6)cc5)CC4)c3c2cc1OC. The summed E-state index contributed by atoms with van der Waals surface area (Å²) in [7, 11) is -0.602. The van der Waals surface area contributed by atoms with Crippen molar-refractivity contribution in [3.63, 3.8) is 0 Å². The smallest absolute Gasteiger partial charge is 0.264 e. The van der Waals surface area contributed by atoms with E-state index in [0.29, 0.717) is 48.5 Å². The molecule has 0 saturated carbocycles. The molecule has 1 saturated heterocycles. The van der Waals surface area contributed by atoms with Gasteiger partial charge in [0.1, 0.15) is 17.8 Å². The molecule has 1 aliphatic rings. The maximum atomic E-state index is 12.7. The van der Waals surface area contributed by atoms with Crippen molar-refractivity contribution >= 4 is 66.7 Å². The fourth-order valence-corrected chi connectivity index (χ4v) is 6.11. The van der Waals surface area contributed by atoms with Crippen LogP contribution in [0.1, 0.15) is 0 Å². The number of H-pyrrole nitrogens is 1. The number of rotatable bonds is 7. The summed E-state index contributed by atoms with van der Waals surface area (Å²) < 4.78 is 38.7. The summed E-state index contributed by atoms with van der Waals surface area (Å²) in [5, 5.41) is 5.64. The van der Waals surface area contributed by atoms with Crippen molar-refractivity contribution in [2.24, 2.45) is 0 Å². The molecule has 216 valence electrons. The van der Waals surface area contributed by atoms with Gasteiger partial charge in [0.05, 0.1) is 30.0 Å². The molecule has 1 fully saturated rings. The van der Waals surface area contributed by atoms with Gasteiger partial charge in [0, 0.05) is 55.7 Å². The van der Waals surface area contributed by atoms with Crippen LogP contribution in [-0.2, 0) is 10.0 Å². The minimum Gasteiger partial charge on any atom is -0.493 e. The van der Waals surface area contributed by atoms with Crippen LogP contribution in [-0.4, -0.2) is 83.7 Å². The van der Waals surface area contributed by atoms with Crippen LogP contribution in [0.2, 0.25) is 0 Å². The molecule has 0 unspecified atom stereocenters. The largest absolute Gasteiger partial charge is 0.493 e. The molecule has 0 spiro atoms. The van der Waals surface area contributed by atoms with Crippen molar-refractivity contribution in [1.82, 2.24) is 29.8 Å². The van der Waals surface area contributed by atoms with Crippen LogP contribution in [0.5, 0.6) is 11.5 Å². The van der Waals surface area contributed by atoms with E-state index >= 15 is 0 Å². The molecule has 15 heteroatoms. The van der Waals surface area contributed by atoms with Crippen molar-refractivity contribution in [3.8, 4) is 11.5 Å². The van der Waals surface area contributed by atoms with Crippen LogP contribution >= 0.6 is 12.2 Å². The molecule has 0 aliphatic carbocycles. The second-order valence-electron chi connectivity index (χ2n) is 9.41. The van der Waals surface area contributed by atoms with Gasteiger partial charge in [-0.05, 0) is 48.6 Å². The molecular formula is C27H27N9O4S2. The third-order valence-electron chi connectivity index (χ3n) is 6.95. The van der Waals surface area contributed by atoms with Crippen LogP contribution in [0.15, 0.2) is 66.1 Å². The second kappa shape index (κ2) is 11.3. The van der Waals surface area contributed by atoms with E-state index in [1.165, 1.54) is 24.5 Å². The fraction of sp³-hybridized carbons (Fsp3) is 0.222. The van der Waals surface area contributed by atoms with E-state index in [9.17, 15) is 8.42 Å². The molecule has 3 aromatic heterocycles. The Kier molecular flexibility index (Phi) is 7.34. The third kappa shape index (κ3) is 5.31. The van der Waals surface area contributed by atoms with E-state index in [1.807, 2.05) is 12.1 Å². The van der Waals surface area contributed by atoms with E-state index in [2.05, 4.69) is 44.8 Å². The monoisotopic (exact) mass is 605 g/mol. The Balaban J connectivity index is 1.12. The van der Waals surface area contributed by atoms with Gasteiger partial charge in [-0.2, -0.15) is 0 Å². The molecule has 3 N–H and O–H groups in total. The molecule has 5 aromatic rings. The third-order valence-corrected chi connectivity index (χ3v) is 8.65. The van der Waals surface area contributed by atoms with Gasteiger partial charge in [-0.25, -0.2) is 33.1 Å². The summed E-state index contributed by atoms with van der Waals surface area (Å²) in [5.74, 6) is 2.11. The Morgan fingerprint density at radius 3 is 2.33 bits per heavy atom. The van der Waals surface area contributed by atoms with Gasteiger partial charge in [-0.15, -0.1) is 0 Å². The highest BCUT2D eigenvalue weighted by Crippen LogP contribution is 2.38. The van der Waals surface area contributed by atoms with Crippen LogP contribution < -0.4 is 24.4 Å². The molecule has 6 rings (SSSR count). The average molecular weight is 606 g/mol. The molecule has 42 heavy (non-hydrogen) atoms. The fourth-order valence-electron chi connectivity index (χ4n) is 4.85. The molecule has 0 radical (unpaired) electrons. The highest BCUT2D eigenvalue weighted by molar-refractivity contribution is 7.92. The van der Waals surface area contributed by atoms with E-state index < -0.39 is 10.0 Å². The number of nitrogens with one attached hydrogen (secondary N) is 3. The van der Waals surface area contributed by atoms with Crippen LogP contribution in [0, 0.1) is 0 Å². The molecule has 0 amide bonds. The van der Waals surface area contributed by atoms with E-state index in [1.54, 1.807) is 38.7 Å². The zero-order chi connectivity index (χ0) is 29.3. The highest BCUT2D eigenvalue weighted by Gasteiger charge is 2.24. The van der Waals surface area contributed by atoms with Crippen LogP contribution in [0.25, 0.3) is 21.9 Å². The Morgan fingerprint density at radius 2 is 1.64 bits per heavy atom. The number of sulfonamides is 1. The average Bonchev–Trinajstić information content (AvgIpc) is 3.38. The number of hydrogen-bond acceptors (Lipinski definition) is 10. The first-order chi connectivity index (χ1) is 20.4. The summed E-state index contributed by atoms with van der Waals surface area (Å²) in [6.07, 6.45) is 4.49. The zero-order valence-corrected chi connectivity index (χ0v) is 24.4. The Hall–Kier alpha value is -4.76. The van der Waals surface area contributed by atoms with Crippen molar-refractivity contribution in [1.29, 1.82) is 0 Å². The number of thiocarbonyl (C=S) groups is 1. The molecule has 0 atom stereocenters. The minimum atomic E-state index is -3.82. The van der Waals surface area contributed by atoms with E-state index in [-0.39, 0.29) is 10.8 Å². The number of piperazine rings is 1. The van der Waals surface area contributed by atoms with Gasteiger partial charge in [0.15, 0.2) is 16.6 Å². The van der Waals surface area contributed by atoms with Gasteiger partial charge in [0.25, 0.3) is 10.0 Å². The number of nitrogens with zero attached hydrogens (tertiary/aromatic N) is 6. The number of anilines is 3. The molecule has 0 bridgehead atoms. The number of benzene rings is 2. The summed E-state index contributed by atoms with van der Waals surface area (Å²) in [6, 6.07) is 11.8. The first-order valence-electron chi connectivity index (χ1n) is 13.0. The van der Waals surface area contributed by atoms with Crippen molar-refractivity contribution in [2.75, 3.05) is 55.3 Å². The van der Waals surface area contributed by atoms with Gasteiger partial charge in [-0.1, -0.05) is 0 Å². The number of ether oxygens (including phenoxy) is 2.